The van der Waals surface area contributed by atoms with Gasteiger partial charge in [-0.15, -0.1) is 0 Å². The number of aliphatic imine (C=N–C) groups is 1. The Kier molecular flexibility index (Phi) is 8.59. The van der Waals surface area contributed by atoms with Crippen molar-refractivity contribution >= 4 is 55.0 Å². The van der Waals surface area contributed by atoms with Gasteiger partial charge in [-0.3, -0.25) is 5.32 Å². The van der Waals surface area contributed by atoms with Gasteiger partial charge in [0.05, 0.1) is 0 Å². The van der Waals surface area contributed by atoms with Crippen LogP contribution in [0.5, 0.6) is 0 Å². The number of hydrogen-bond acceptors (Lipinski definition) is 5. The van der Waals surface area contributed by atoms with Gasteiger partial charge in [-0.2, -0.15) is 0 Å². The molecule has 7 aromatic carbocycles. The summed E-state index contributed by atoms with van der Waals surface area (Å²) in [6.07, 6.45) is 16.4. The summed E-state index contributed by atoms with van der Waals surface area (Å²) in [6, 6.07) is 54.1. The highest BCUT2D eigenvalue weighted by atomic mass is 16.3. The number of allylic oxidation sites excluding steroid dienone is 6. The maximum atomic E-state index is 7.09. The molecule has 58 heavy (non-hydrogen) atoms. The molecular weight excluding hydrogens is 709 g/mol. The van der Waals surface area contributed by atoms with Gasteiger partial charge in [0.2, 0.25) is 0 Å². The number of nitrogens with one attached hydrogen (secondary N) is 2. The fourth-order valence-corrected chi connectivity index (χ4v) is 8.93. The third kappa shape index (κ3) is 6.21. The second-order valence-corrected chi connectivity index (χ2v) is 15.5. The lowest BCUT2D eigenvalue weighted by molar-refractivity contribution is 0.408. The van der Waals surface area contributed by atoms with Gasteiger partial charge in [-0.1, -0.05) is 152 Å². The second kappa shape index (κ2) is 14.5. The summed E-state index contributed by atoms with van der Waals surface area (Å²) < 4.78 is 7.09. The largest absolute Gasteiger partial charge is 0.455 e. The van der Waals surface area contributed by atoms with Gasteiger partial charge in [0, 0.05) is 50.3 Å². The minimum Gasteiger partial charge on any atom is -0.455 e. The quantitative estimate of drug-likeness (QED) is 0.170. The number of fused-ring (bicyclic) bond motifs is 6. The molecule has 2 heterocycles. The predicted octanol–water partition coefficient (Wildman–Crippen LogP) is 12.9. The lowest BCUT2D eigenvalue weighted by atomic mass is 9.90. The number of rotatable bonds is 7. The fraction of sp³-hybridized carbons (Fsp3) is 0.113. The minimum absolute atomic E-state index is 0.273. The van der Waals surface area contributed by atoms with Gasteiger partial charge < -0.3 is 14.6 Å². The normalized spacial score (nSPS) is 19.2. The molecule has 1 aliphatic heterocycles. The molecule has 0 amide bonds. The first-order chi connectivity index (χ1) is 28.7. The van der Waals surface area contributed by atoms with Crippen LogP contribution >= 0.6 is 0 Å². The van der Waals surface area contributed by atoms with Crippen LogP contribution in [0.4, 0.5) is 5.69 Å². The third-order valence-corrected chi connectivity index (χ3v) is 11.8. The average molecular weight is 751 g/mol. The summed E-state index contributed by atoms with van der Waals surface area (Å²) in [6.45, 7) is 0. The monoisotopic (exact) mass is 750 g/mol. The molecule has 5 nitrogen and oxygen atoms in total. The van der Waals surface area contributed by atoms with Crippen molar-refractivity contribution in [3.63, 3.8) is 0 Å². The molecule has 0 saturated carbocycles. The molecule has 0 saturated heterocycles. The molecule has 0 bridgehead atoms. The Balaban J connectivity index is 1.13. The summed E-state index contributed by atoms with van der Waals surface area (Å²) in [4.78, 5) is 7.77. The maximum absolute atomic E-state index is 7.09. The summed E-state index contributed by atoms with van der Waals surface area (Å²) >= 11 is 0. The molecule has 0 fully saturated rings. The van der Waals surface area contributed by atoms with Gasteiger partial charge in [0.1, 0.15) is 29.3 Å². The molecule has 5 heteroatoms. The van der Waals surface area contributed by atoms with Crippen molar-refractivity contribution < 1.29 is 4.42 Å². The molecule has 2 aliphatic carbocycles. The van der Waals surface area contributed by atoms with Crippen LogP contribution in [0.25, 0.3) is 43.5 Å². The Hall–Kier alpha value is -6.95. The minimum atomic E-state index is -0.343. The lowest BCUT2D eigenvalue weighted by Gasteiger charge is -2.34. The van der Waals surface area contributed by atoms with Crippen LogP contribution in [0.3, 0.4) is 0 Å². The lowest BCUT2D eigenvalue weighted by Crippen LogP contribution is -2.45. The molecule has 3 aliphatic rings. The van der Waals surface area contributed by atoms with Crippen LogP contribution < -0.4 is 15.5 Å². The topological polar surface area (TPSA) is 52.8 Å². The van der Waals surface area contributed by atoms with E-state index in [2.05, 4.69) is 204 Å². The van der Waals surface area contributed by atoms with E-state index >= 15 is 0 Å². The first kappa shape index (κ1) is 34.3. The standard InChI is InChI=1S/C53H42N4O/c1-4-15-35(16-5-1)40-22-14-25-43(32-40)57(42-23-8-3-9-24-42)44-33-47-46-30-29-37-18-12-13-26-45(37)49(46)58-50(47)48(34-44)53-55-51(38-19-6-2-7-20-38)54-52(56-53)41-28-27-36-17-10-11-21-39(36)31-41/h1-2,4-8,10-21,23-34,40,51,53,55H,3,9,22H2,(H,54,56). The fourth-order valence-electron chi connectivity index (χ4n) is 8.93. The molecule has 8 aromatic rings. The highest BCUT2D eigenvalue weighted by molar-refractivity contribution is 6.16. The van der Waals surface area contributed by atoms with Crippen molar-refractivity contribution in [1.82, 2.24) is 10.6 Å². The van der Waals surface area contributed by atoms with E-state index in [-0.39, 0.29) is 18.2 Å². The van der Waals surface area contributed by atoms with Crippen LogP contribution in [0.15, 0.2) is 209 Å². The Morgan fingerprint density at radius 2 is 1.33 bits per heavy atom. The van der Waals surface area contributed by atoms with Gasteiger partial charge in [0.15, 0.2) is 0 Å². The number of hydrogen-bond donors (Lipinski definition) is 2. The Labute approximate surface area is 338 Å². The molecule has 0 radical (unpaired) electrons. The van der Waals surface area contributed by atoms with Crippen LogP contribution in [-0.4, -0.2) is 5.84 Å². The van der Waals surface area contributed by atoms with Gasteiger partial charge in [-0.05, 0) is 83.0 Å². The summed E-state index contributed by atoms with van der Waals surface area (Å²) in [5, 5.41) is 14.6. The van der Waals surface area contributed by atoms with Crippen molar-refractivity contribution in [3.05, 3.63) is 222 Å². The van der Waals surface area contributed by atoms with Gasteiger partial charge in [-0.25, -0.2) is 4.99 Å². The molecule has 0 spiro atoms. The Bertz CT molecular complexity index is 3010. The van der Waals surface area contributed by atoms with E-state index in [1.807, 2.05) is 0 Å². The molecule has 3 atom stereocenters. The summed E-state index contributed by atoms with van der Waals surface area (Å²) in [5.41, 5.74) is 9.64. The van der Waals surface area contributed by atoms with E-state index in [1.54, 1.807) is 0 Å². The summed E-state index contributed by atoms with van der Waals surface area (Å²) in [7, 11) is 0. The first-order valence-corrected chi connectivity index (χ1v) is 20.4. The maximum Gasteiger partial charge on any atom is 0.143 e. The third-order valence-electron chi connectivity index (χ3n) is 11.8. The number of benzene rings is 7. The van der Waals surface area contributed by atoms with Crippen LogP contribution in [0.1, 0.15) is 59.8 Å². The highest BCUT2D eigenvalue weighted by Crippen LogP contribution is 2.43. The highest BCUT2D eigenvalue weighted by Gasteiger charge is 2.31. The SMILES string of the molecule is C1=CC(N(C2=CC(c3ccccc3)CC=C2)c2cc(C3NC(c4ccc5ccccc5c4)=NC(c4ccccc4)N3)c3oc4c5ccccc5ccc4c3c2)=CCC1. The molecule has 11 rings (SSSR count). The van der Waals surface area contributed by atoms with Gasteiger partial charge >= 0.3 is 0 Å². The average Bonchev–Trinajstić information content (AvgIpc) is 3.69. The number of anilines is 1. The molecule has 2 N–H and O–H groups in total. The van der Waals surface area contributed by atoms with Crippen molar-refractivity contribution in [3.8, 4) is 0 Å². The zero-order valence-corrected chi connectivity index (χ0v) is 32.1. The Morgan fingerprint density at radius 3 is 2.16 bits per heavy atom. The van der Waals surface area contributed by atoms with E-state index in [0.29, 0.717) is 0 Å². The number of furan rings is 1. The van der Waals surface area contributed by atoms with Crippen molar-refractivity contribution in [2.75, 3.05) is 4.90 Å². The molecule has 3 unspecified atom stereocenters. The van der Waals surface area contributed by atoms with Gasteiger partial charge in [0.25, 0.3) is 0 Å². The predicted molar refractivity (Wildman–Crippen MR) is 240 cm³/mol. The number of amidine groups is 1. The first-order valence-electron chi connectivity index (χ1n) is 20.4. The zero-order chi connectivity index (χ0) is 38.4. The summed E-state index contributed by atoms with van der Waals surface area (Å²) in [5.74, 6) is 1.11. The van der Waals surface area contributed by atoms with Crippen LogP contribution in [0.2, 0.25) is 0 Å². The Morgan fingerprint density at radius 1 is 0.586 bits per heavy atom. The molecular formula is C53H42N4O. The number of nitrogens with zero attached hydrogens (tertiary/aromatic N) is 2. The van der Waals surface area contributed by atoms with E-state index in [4.69, 9.17) is 9.41 Å². The second-order valence-electron chi connectivity index (χ2n) is 15.5. The van der Waals surface area contributed by atoms with Crippen molar-refractivity contribution in [1.29, 1.82) is 0 Å². The smallest absolute Gasteiger partial charge is 0.143 e. The van der Waals surface area contributed by atoms with E-state index in [1.165, 1.54) is 22.0 Å². The van der Waals surface area contributed by atoms with E-state index in [9.17, 15) is 0 Å². The molecule has 1 aromatic heterocycles. The van der Waals surface area contributed by atoms with E-state index in [0.717, 1.165) is 85.9 Å². The molecule has 280 valence electrons. The van der Waals surface area contributed by atoms with Crippen molar-refractivity contribution in [2.45, 2.75) is 37.5 Å². The van der Waals surface area contributed by atoms with Crippen LogP contribution in [0, 0.1) is 0 Å². The van der Waals surface area contributed by atoms with Crippen LogP contribution in [-0.2, 0) is 0 Å². The van der Waals surface area contributed by atoms with Crippen molar-refractivity contribution in [2.24, 2.45) is 4.99 Å². The zero-order valence-electron chi connectivity index (χ0n) is 32.1. The van der Waals surface area contributed by atoms with E-state index < -0.39 is 0 Å².